The first-order valence-electron chi connectivity index (χ1n) is 8.73. The van der Waals surface area contributed by atoms with Gasteiger partial charge in [-0.2, -0.15) is 0 Å². The van der Waals surface area contributed by atoms with E-state index in [9.17, 15) is 14.0 Å². The number of carbonyl (C=O) groups excluding carboxylic acids is 1. The van der Waals surface area contributed by atoms with Crippen molar-refractivity contribution >= 4 is 29.2 Å². The molecular formula is C20H20ClFN2O3. The Kier molecular flexibility index (Phi) is 6.08. The van der Waals surface area contributed by atoms with Gasteiger partial charge in [0.1, 0.15) is 5.82 Å². The molecule has 5 nitrogen and oxygen atoms in total. The second kappa shape index (κ2) is 8.50. The van der Waals surface area contributed by atoms with Crippen LogP contribution in [0.2, 0.25) is 5.02 Å². The molecule has 142 valence electrons. The van der Waals surface area contributed by atoms with Gasteiger partial charge in [-0.05, 0) is 62.3 Å². The van der Waals surface area contributed by atoms with Crippen LogP contribution in [0.5, 0.6) is 0 Å². The first kappa shape index (κ1) is 19.3. The maximum Gasteiger partial charge on any atom is 0.335 e. The normalized spacial score (nSPS) is 15.5. The number of piperidine rings is 1. The number of amides is 1. The molecule has 0 spiro atoms. The summed E-state index contributed by atoms with van der Waals surface area (Å²) in [5.74, 6) is -1.53. The highest BCUT2D eigenvalue weighted by atomic mass is 35.5. The molecule has 0 aromatic heterocycles. The largest absolute Gasteiger partial charge is 0.478 e. The van der Waals surface area contributed by atoms with E-state index in [1.807, 2.05) is 0 Å². The zero-order valence-corrected chi connectivity index (χ0v) is 15.4. The van der Waals surface area contributed by atoms with Gasteiger partial charge in [0.25, 0.3) is 0 Å². The third kappa shape index (κ3) is 4.84. The number of carboxylic acids is 1. The number of rotatable bonds is 5. The van der Waals surface area contributed by atoms with Crippen LogP contribution in [-0.4, -0.2) is 35.0 Å². The highest BCUT2D eigenvalue weighted by Gasteiger charge is 2.26. The third-order valence-electron chi connectivity index (χ3n) is 4.80. The third-order valence-corrected chi connectivity index (χ3v) is 5.16. The molecule has 1 saturated heterocycles. The van der Waals surface area contributed by atoms with Gasteiger partial charge in [0.05, 0.1) is 5.56 Å². The summed E-state index contributed by atoms with van der Waals surface area (Å²) >= 11 is 6.08. The van der Waals surface area contributed by atoms with Crippen molar-refractivity contribution in [2.75, 3.05) is 18.4 Å². The van der Waals surface area contributed by atoms with E-state index < -0.39 is 5.97 Å². The number of carbonyl (C=O) groups is 2. The van der Waals surface area contributed by atoms with Crippen LogP contribution in [0.3, 0.4) is 0 Å². The molecule has 0 saturated carbocycles. The number of halogens is 2. The number of likely N-dealkylation sites (tertiary alicyclic amines) is 1. The van der Waals surface area contributed by atoms with Crippen molar-refractivity contribution in [2.24, 2.45) is 5.92 Å². The van der Waals surface area contributed by atoms with Crippen molar-refractivity contribution in [2.45, 2.75) is 19.4 Å². The van der Waals surface area contributed by atoms with Gasteiger partial charge in [-0.25, -0.2) is 9.18 Å². The lowest BCUT2D eigenvalue weighted by Crippen LogP contribution is -2.38. The summed E-state index contributed by atoms with van der Waals surface area (Å²) < 4.78 is 13.9. The predicted octanol–water partition coefficient (Wildman–Crippen LogP) is 4.03. The lowest BCUT2D eigenvalue weighted by molar-refractivity contribution is -0.121. The van der Waals surface area contributed by atoms with E-state index >= 15 is 0 Å². The van der Waals surface area contributed by atoms with Crippen LogP contribution in [0, 0.1) is 11.7 Å². The number of aromatic carboxylic acids is 1. The van der Waals surface area contributed by atoms with Crippen molar-refractivity contribution in [3.8, 4) is 0 Å². The highest BCUT2D eigenvalue weighted by Crippen LogP contribution is 2.25. The topological polar surface area (TPSA) is 69.6 Å². The summed E-state index contributed by atoms with van der Waals surface area (Å²) in [4.78, 5) is 25.4. The number of benzene rings is 2. The summed E-state index contributed by atoms with van der Waals surface area (Å²) in [5, 5.41) is 12.1. The van der Waals surface area contributed by atoms with Crippen molar-refractivity contribution < 1.29 is 19.1 Å². The average Bonchev–Trinajstić information content (AvgIpc) is 2.66. The molecule has 0 atom stereocenters. The minimum Gasteiger partial charge on any atom is -0.478 e. The Hall–Kier alpha value is -2.44. The molecule has 1 fully saturated rings. The fraction of sp³-hybridized carbons (Fsp3) is 0.300. The Morgan fingerprint density at radius 2 is 1.81 bits per heavy atom. The standard InChI is InChI=1S/C20H20ClFN2O3/c21-17-2-1-3-18(22)16(17)12-24-10-8-13(9-11-24)19(25)23-15-6-4-14(5-7-15)20(26)27/h1-7,13H,8-12H2,(H,23,25)(H,26,27). The Labute approximate surface area is 161 Å². The van der Waals surface area contributed by atoms with Crippen LogP contribution < -0.4 is 5.32 Å². The van der Waals surface area contributed by atoms with Gasteiger partial charge in [0.2, 0.25) is 5.91 Å². The molecule has 2 aromatic rings. The van der Waals surface area contributed by atoms with Crippen LogP contribution in [-0.2, 0) is 11.3 Å². The number of hydrogen-bond acceptors (Lipinski definition) is 3. The molecular weight excluding hydrogens is 371 g/mol. The smallest absolute Gasteiger partial charge is 0.335 e. The van der Waals surface area contributed by atoms with Crippen LogP contribution in [0.15, 0.2) is 42.5 Å². The summed E-state index contributed by atoms with van der Waals surface area (Å²) in [5.41, 5.74) is 1.24. The van der Waals surface area contributed by atoms with Gasteiger partial charge in [0, 0.05) is 28.7 Å². The van der Waals surface area contributed by atoms with Gasteiger partial charge < -0.3 is 10.4 Å². The number of carboxylic acid groups (broad SMARTS) is 1. The van der Waals surface area contributed by atoms with Gasteiger partial charge >= 0.3 is 5.97 Å². The van der Waals surface area contributed by atoms with Crippen LogP contribution >= 0.6 is 11.6 Å². The lowest BCUT2D eigenvalue weighted by Gasteiger charge is -2.31. The lowest BCUT2D eigenvalue weighted by atomic mass is 9.95. The van der Waals surface area contributed by atoms with Gasteiger partial charge in [0.15, 0.2) is 0 Å². The molecule has 0 bridgehead atoms. The first-order chi connectivity index (χ1) is 12.9. The maximum absolute atomic E-state index is 13.9. The van der Waals surface area contributed by atoms with Crippen molar-refractivity contribution in [1.82, 2.24) is 4.90 Å². The number of anilines is 1. The average molecular weight is 391 g/mol. The Balaban J connectivity index is 1.52. The Morgan fingerprint density at radius 3 is 2.41 bits per heavy atom. The zero-order valence-electron chi connectivity index (χ0n) is 14.6. The van der Waals surface area contributed by atoms with Gasteiger partial charge in [-0.1, -0.05) is 17.7 Å². The van der Waals surface area contributed by atoms with Gasteiger partial charge in [-0.15, -0.1) is 0 Å². The van der Waals surface area contributed by atoms with Crippen LogP contribution in [0.1, 0.15) is 28.8 Å². The summed E-state index contributed by atoms with van der Waals surface area (Å²) in [6, 6.07) is 10.7. The van der Waals surface area contributed by atoms with E-state index in [1.165, 1.54) is 18.2 Å². The molecule has 2 N–H and O–H groups in total. The molecule has 3 rings (SSSR count). The maximum atomic E-state index is 13.9. The zero-order chi connectivity index (χ0) is 19.4. The SMILES string of the molecule is O=C(O)c1ccc(NC(=O)C2CCN(Cc3c(F)cccc3Cl)CC2)cc1. The molecule has 0 aliphatic carbocycles. The molecule has 27 heavy (non-hydrogen) atoms. The minimum atomic E-state index is -1.00. The fourth-order valence-corrected chi connectivity index (χ4v) is 3.42. The second-order valence-electron chi connectivity index (χ2n) is 6.62. The quantitative estimate of drug-likeness (QED) is 0.808. The molecule has 1 heterocycles. The summed E-state index contributed by atoms with van der Waals surface area (Å²) in [7, 11) is 0. The Bertz CT molecular complexity index is 813. The Morgan fingerprint density at radius 1 is 1.15 bits per heavy atom. The number of hydrogen-bond donors (Lipinski definition) is 2. The number of nitrogens with one attached hydrogen (secondary N) is 1. The van der Waals surface area contributed by atoms with Crippen molar-refractivity contribution in [3.63, 3.8) is 0 Å². The van der Waals surface area contributed by atoms with Gasteiger partial charge in [-0.3, -0.25) is 9.69 Å². The van der Waals surface area contributed by atoms with E-state index in [-0.39, 0.29) is 23.2 Å². The first-order valence-corrected chi connectivity index (χ1v) is 9.11. The molecule has 1 amide bonds. The molecule has 1 aliphatic heterocycles. The highest BCUT2D eigenvalue weighted by molar-refractivity contribution is 6.31. The van der Waals surface area contributed by atoms with Crippen molar-refractivity contribution in [1.29, 1.82) is 0 Å². The van der Waals surface area contributed by atoms with Crippen LogP contribution in [0.4, 0.5) is 10.1 Å². The molecule has 0 radical (unpaired) electrons. The minimum absolute atomic E-state index is 0.0818. The number of nitrogens with zero attached hydrogens (tertiary/aromatic N) is 1. The molecule has 2 aromatic carbocycles. The van der Waals surface area contributed by atoms with E-state index in [0.29, 0.717) is 48.7 Å². The van der Waals surface area contributed by atoms with E-state index in [4.69, 9.17) is 16.7 Å². The molecule has 1 aliphatic rings. The second-order valence-corrected chi connectivity index (χ2v) is 7.03. The fourth-order valence-electron chi connectivity index (χ4n) is 3.20. The monoisotopic (exact) mass is 390 g/mol. The molecule has 7 heteroatoms. The summed E-state index contributed by atoms with van der Waals surface area (Å²) in [6.07, 6.45) is 1.34. The summed E-state index contributed by atoms with van der Waals surface area (Å²) in [6.45, 7) is 1.79. The molecule has 0 unspecified atom stereocenters. The van der Waals surface area contributed by atoms with Crippen molar-refractivity contribution in [3.05, 3.63) is 64.4 Å². The van der Waals surface area contributed by atoms with E-state index in [1.54, 1.807) is 24.3 Å². The van der Waals surface area contributed by atoms with Crippen LogP contribution in [0.25, 0.3) is 0 Å². The predicted molar refractivity (Wildman–Crippen MR) is 101 cm³/mol. The van der Waals surface area contributed by atoms with E-state index in [2.05, 4.69) is 10.2 Å². The van der Waals surface area contributed by atoms with E-state index in [0.717, 1.165) is 0 Å².